The molecule has 2 unspecified atom stereocenters. The van der Waals surface area contributed by atoms with Gasteiger partial charge in [-0.05, 0) is 24.6 Å². The third-order valence-electron chi connectivity index (χ3n) is 3.17. The Bertz CT molecular complexity index is 521. The van der Waals surface area contributed by atoms with E-state index in [0.717, 1.165) is 5.56 Å². The monoisotopic (exact) mass is 275 g/mol. The van der Waals surface area contributed by atoms with Crippen LogP contribution in [0.3, 0.4) is 0 Å². The Morgan fingerprint density at radius 2 is 2.25 bits per heavy atom. The molecule has 0 aromatic heterocycles. The fourth-order valence-electron chi connectivity index (χ4n) is 2.09. The van der Waals surface area contributed by atoms with E-state index < -0.39 is 6.04 Å². The van der Waals surface area contributed by atoms with Crippen LogP contribution in [-0.4, -0.2) is 36.7 Å². The van der Waals surface area contributed by atoms with Crippen molar-refractivity contribution in [2.24, 2.45) is 10.7 Å². The summed E-state index contributed by atoms with van der Waals surface area (Å²) in [5, 5.41) is 0. The number of guanidine groups is 1. The standard InChI is InChI=1S/C15H18FN3O/c1-3-14(12-4-6-13(16)7-5-12)18-15(17)19-8-9-20-11(2)10-19/h1,4-7,11,14H,8-10H2,2H3,(H2,17,18). The number of hydrogen-bond donors (Lipinski definition) is 1. The van der Waals surface area contributed by atoms with E-state index in [0.29, 0.717) is 25.7 Å². The van der Waals surface area contributed by atoms with Gasteiger partial charge < -0.3 is 15.4 Å². The number of nitrogens with zero attached hydrogens (tertiary/aromatic N) is 2. The van der Waals surface area contributed by atoms with Crippen LogP contribution in [0.1, 0.15) is 18.5 Å². The lowest BCUT2D eigenvalue weighted by molar-refractivity contribution is 0.00526. The summed E-state index contributed by atoms with van der Waals surface area (Å²) in [4.78, 5) is 6.31. The maximum atomic E-state index is 12.9. The fourth-order valence-corrected chi connectivity index (χ4v) is 2.09. The van der Waals surface area contributed by atoms with Gasteiger partial charge in [-0.15, -0.1) is 6.42 Å². The molecule has 1 aliphatic rings. The molecular formula is C15H18FN3O. The van der Waals surface area contributed by atoms with E-state index in [1.165, 1.54) is 12.1 Å². The highest BCUT2D eigenvalue weighted by Crippen LogP contribution is 2.17. The van der Waals surface area contributed by atoms with Crippen LogP contribution in [0.5, 0.6) is 0 Å². The second-order valence-corrected chi connectivity index (χ2v) is 4.74. The fraction of sp³-hybridized carbons (Fsp3) is 0.400. The Kier molecular flexibility index (Phi) is 4.59. The molecule has 2 rings (SSSR count). The largest absolute Gasteiger partial charge is 0.375 e. The van der Waals surface area contributed by atoms with E-state index in [1.54, 1.807) is 12.1 Å². The molecule has 2 N–H and O–H groups in total. The molecule has 0 bridgehead atoms. The predicted molar refractivity (Wildman–Crippen MR) is 76.6 cm³/mol. The highest BCUT2D eigenvalue weighted by molar-refractivity contribution is 5.78. The minimum Gasteiger partial charge on any atom is -0.375 e. The molecule has 4 nitrogen and oxygen atoms in total. The van der Waals surface area contributed by atoms with Crippen molar-refractivity contribution in [3.63, 3.8) is 0 Å². The Morgan fingerprint density at radius 3 is 2.85 bits per heavy atom. The molecule has 1 heterocycles. The number of halogens is 1. The molecule has 1 aromatic carbocycles. The van der Waals surface area contributed by atoms with Gasteiger partial charge in [-0.3, -0.25) is 0 Å². The number of morpholine rings is 1. The summed E-state index contributed by atoms with van der Waals surface area (Å²) in [7, 11) is 0. The van der Waals surface area contributed by atoms with Gasteiger partial charge in [0.1, 0.15) is 11.9 Å². The van der Waals surface area contributed by atoms with Crippen molar-refractivity contribution in [1.29, 1.82) is 0 Å². The van der Waals surface area contributed by atoms with Crippen molar-refractivity contribution in [2.45, 2.75) is 19.1 Å². The lowest BCUT2D eigenvalue weighted by atomic mass is 10.1. The van der Waals surface area contributed by atoms with Gasteiger partial charge in [0.05, 0.1) is 12.7 Å². The van der Waals surface area contributed by atoms with Crippen LogP contribution < -0.4 is 5.73 Å². The van der Waals surface area contributed by atoms with E-state index in [-0.39, 0.29) is 11.9 Å². The molecule has 0 spiro atoms. The van der Waals surface area contributed by atoms with Gasteiger partial charge in [0.25, 0.3) is 0 Å². The molecule has 0 saturated carbocycles. The predicted octanol–water partition coefficient (Wildman–Crippen LogP) is 1.54. The number of aliphatic imine (C=N–C) groups is 1. The van der Waals surface area contributed by atoms with Crippen LogP contribution in [0.25, 0.3) is 0 Å². The molecule has 0 radical (unpaired) electrons. The molecule has 1 saturated heterocycles. The maximum Gasteiger partial charge on any atom is 0.193 e. The quantitative estimate of drug-likeness (QED) is 0.506. The highest BCUT2D eigenvalue weighted by atomic mass is 19.1. The van der Waals surface area contributed by atoms with E-state index in [9.17, 15) is 4.39 Å². The van der Waals surface area contributed by atoms with Crippen molar-refractivity contribution < 1.29 is 9.13 Å². The Balaban J connectivity index is 2.13. The molecule has 1 aliphatic heterocycles. The van der Waals surface area contributed by atoms with Crippen molar-refractivity contribution in [3.8, 4) is 12.3 Å². The molecule has 0 aliphatic carbocycles. The van der Waals surface area contributed by atoms with Gasteiger partial charge in [0.2, 0.25) is 0 Å². The SMILES string of the molecule is C#CC(N=C(N)N1CCOC(C)C1)c1ccc(F)cc1. The van der Waals surface area contributed by atoms with E-state index in [1.807, 2.05) is 11.8 Å². The van der Waals surface area contributed by atoms with Crippen molar-refractivity contribution >= 4 is 5.96 Å². The number of benzene rings is 1. The first kappa shape index (κ1) is 14.4. The Morgan fingerprint density at radius 1 is 1.55 bits per heavy atom. The lowest BCUT2D eigenvalue weighted by Crippen LogP contribution is -2.48. The summed E-state index contributed by atoms with van der Waals surface area (Å²) < 4.78 is 18.4. The summed E-state index contributed by atoms with van der Waals surface area (Å²) in [6.07, 6.45) is 5.62. The molecule has 0 amide bonds. The van der Waals surface area contributed by atoms with Gasteiger partial charge in [0, 0.05) is 13.1 Å². The minimum absolute atomic E-state index is 0.118. The molecule has 1 fully saturated rings. The zero-order chi connectivity index (χ0) is 14.5. The zero-order valence-corrected chi connectivity index (χ0v) is 11.4. The maximum absolute atomic E-state index is 12.9. The normalized spacial score (nSPS) is 21.4. The molecule has 106 valence electrons. The van der Waals surface area contributed by atoms with E-state index in [4.69, 9.17) is 16.9 Å². The topological polar surface area (TPSA) is 50.8 Å². The smallest absolute Gasteiger partial charge is 0.193 e. The molecule has 20 heavy (non-hydrogen) atoms. The third-order valence-corrected chi connectivity index (χ3v) is 3.17. The first-order valence-electron chi connectivity index (χ1n) is 6.51. The zero-order valence-electron chi connectivity index (χ0n) is 11.4. The average Bonchev–Trinajstić information content (AvgIpc) is 2.45. The van der Waals surface area contributed by atoms with Crippen molar-refractivity contribution in [2.75, 3.05) is 19.7 Å². The summed E-state index contributed by atoms with van der Waals surface area (Å²) >= 11 is 0. The highest BCUT2D eigenvalue weighted by Gasteiger charge is 2.19. The van der Waals surface area contributed by atoms with Crippen LogP contribution >= 0.6 is 0 Å². The summed E-state index contributed by atoms with van der Waals surface area (Å²) in [6, 6.07) is 5.47. The average molecular weight is 275 g/mol. The molecule has 5 heteroatoms. The molecule has 2 atom stereocenters. The number of hydrogen-bond acceptors (Lipinski definition) is 2. The summed E-state index contributed by atoms with van der Waals surface area (Å²) in [5.74, 6) is 2.66. The van der Waals surface area contributed by atoms with Crippen LogP contribution in [0.15, 0.2) is 29.3 Å². The Labute approximate surface area is 118 Å². The first-order chi connectivity index (χ1) is 9.60. The lowest BCUT2D eigenvalue weighted by Gasteiger charge is -2.32. The minimum atomic E-state index is -0.506. The van der Waals surface area contributed by atoms with Crippen molar-refractivity contribution in [3.05, 3.63) is 35.6 Å². The summed E-state index contributed by atoms with van der Waals surface area (Å²) in [6.45, 7) is 3.99. The molecular weight excluding hydrogens is 257 g/mol. The Hall–Kier alpha value is -2.06. The number of terminal acetylenes is 1. The van der Waals surface area contributed by atoms with Crippen LogP contribution in [0.2, 0.25) is 0 Å². The van der Waals surface area contributed by atoms with Crippen LogP contribution in [0, 0.1) is 18.2 Å². The second kappa shape index (κ2) is 6.40. The first-order valence-corrected chi connectivity index (χ1v) is 6.51. The molecule has 1 aromatic rings. The van der Waals surface area contributed by atoms with Crippen LogP contribution in [-0.2, 0) is 4.74 Å². The van der Waals surface area contributed by atoms with Gasteiger partial charge >= 0.3 is 0 Å². The number of nitrogens with two attached hydrogens (primary N) is 1. The number of rotatable bonds is 2. The van der Waals surface area contributed by atoms with Crippen molar-refractivity contribution in [1.82, 2.24) is 4.90 Å². The van der Waals surface area contributed by atoms with E-state index in [2.05, 4.69) is 10.9 Å². The van der Waals surface area contributed by atoms with Gasteiger partial charge in [-0.25, -0.2) is 9.38 Å². The van der Waals surface area contributed by atoms with Gasteiger partial charge in [-0.1, -0.05) is 18.1 Å². The van der Waals surface area contributed by atoms with Gasteiger partial charge in [0.15, 0.2) is 5.96 Å². The number of ether oxygens (including phenoxy) is 1. The van der Waals surface area contributed by atoms with Gasteiger partial charge in [-0.2, -0.15) is 0 Å². The third kappa shape index (κ3) is 3.49. The van der Waals surface area contributed by atoms with E-state index >= 15 is 0 Å². The van der Waals surface area contributed by atoms with Crippen LogP contribution in [0.4, 0.5) is 4.39 Å². The second-order valence-electron chi connectivity index (χ2n) is 4.74. The summed E-state index contributed by atoms with van der Waals surface area (Å²) in [5.41, 5.74) is 6.75.